The second-order valence-electron chi connectivity index (χ2n) is 4.99. The topological polar surface area (TPSA) is 36.6 Å². The molecule has 0 amide bonds. The Morgan fingerprint density at radius 2 is 2.31 bits per heavy atom. The van der Waals surface area contributed by atoms with Crippen LogP contribution >= 0.6 is 15.9 Å². The Bertz CT molecular complexity index is 356. The third kappa shape index (κ3) is 2.67. The summed E-state index contributed by atoms with van der Waals surface area (Å²) in [5, 5.41) is 10.1. The monoisotopic (exact) mass is 287 g/mol. The molecule has 0 saturated carbocycles. The number of aliphatic hydroxyl groups is 1. The Morgan fingerprint density at radius 1 is 1.56 bits per heavy atom. The first-order chi connectivity index (χ1) is 7.47. The van der Waals surface area contributed by atoms with Crippen LogP contribution in [-0.2, 0) is 6.54 Å². The van der Waals surface area contributed by atoms with Gasteiger partial charge in [-0.2, -0.15) is 0 Å². The lowest BCUT2D eigenvalue weighted by molar-refractivity contribution is -0.00685. The van der Waals surface area contributed by atoms with Crippen molar-refractivity contribution < 1.29 is 9.52 Å². The summed E-state index contributed by atoms with van der Waals surface area (Å²) in [5.41, 5.74) is -0.639. The Kier molecular flexibility index (Phi) is 3.42. The molecule has 1 aromatic heterocycles. The molecule has 1 aromatic rings. The van der Waals surface area contributed by atoms with Crippen LogP contribution < -0.4 is 0 Å². The molecule has 0 aliphatic carbocycles. The van der Waals surface area contributed by atoms with Gasteiger partial charge in [-0.15, -0.1) is 0 Å². The van der Waals surface area contributed by atoms with Crippen LogP contribution in [0.5, 0.6) is 0 Å². The Hall–Kier alpha value is -0.320. The van der Waals surface area contributed by atoms with Gasteiger partial charge in [0.2, 0.25) is 0 Å². The number of hydrogen-bond donors (Lipinski definition) is 1. The number of likely N-dealkylation sites (tertiary alicyclic amines) is 1. The summed E-state index contributed by atoms with van der Waals surface area (Å²) in [4.78, 5) is 2.30. The van der Waals surface area contributed by atoms with Gasteiger partial charge in [0, 0.05) is 6.04 Å². The SMILES string of the molecule is CC(C)(O)[C@@H]1CCCN1Cc1ccc(Br)o1. The zero-order valence-corrected chi connectivity index (χ0v) is 11.3. The smallest absolute Gasteiger partial charge is 0.169 e. The van der Waals surface area contributed by atoms with Crippen molar-refractivity contribution in [2.45, 2.75) is 44.9 Å². The number of furan rings is 1. The first-order valence-corrected chi connectivity index (χ1v) is 6.47. The van der Waals surface area contributed by atoms with Gasteiger partial charge in [0.05, 0.1) is 12.1 Å². The van der Waals surface area contributed by atoms with Crippen molar-refractivity contribution >= 4 is 15.9 Å². The molecule has 90 valence electrons. The highest BCUT2D eigenvalue weighted by Crippen LogP contribution is 2.28. The van der Waals surface area contributed by atoms with Gasteiger partial charge in [-0.25, -0.2) is 0 Å². The largest absolute Gasteiger partial charge is 0.453 e. The fourth-order valence-electron chi connectivity index (χ4n) is 2.45. The quantitative estimate of drug-likeness (QED) is 0.929. The maximum atomic E-state index is 10.1. The van der Waals surface area contributed by atoms with Crippen LogP contribution in [0.1, 0.15) is 32.4 Å². The summed E-state index contributed by atoms with van der Waals surface area (Å²) in [6.45, 7) is 5.58. The number of hydrogen-bond acceptors (Lipinski definition) is 3. The van der Waals surface area contributed by atoms with Crippen molar-refractivity contribution in [3.63, 3.8) is 0 Å². The van der Waals surface area contributed by atoms with Crippen LogP contribution in [0, 0.1) is 0 Å². The van der Waals surface area contributed by atoms with Gasteiger partial charge < -0.3 is 9.52 Å². The zero-order chi connectivity index (χ0) is 11.8. The predicted molar refractivity (Wildman–Crippen MR) is 66.1 cm³/mol. The zero-order valence-electron chi connectivity index (χ0n) is 9.74. The van der Waals surface area contributed by atoms with Gasteiger partial charge in [-0.3, -0.25) is 4.90 Å². The van der Waals surface area contributed by atoms with E-state index in [1.165, 1.54) is 0 Å². The van der Waals surface area contributed by atoms with E-state index in [4.69, 9.17) is 4.42 Å². The van der Waals surface area contributed by atoms with Gasteiger partial charge in [0.25, 0.3) is 0 Å². The van der Waals surface area contributed by atoms with Crippen molar-refractivity contribution in [3.8, 4) is 0 Å². The lowest BCUT2D eigenvalue weighted by Crippen LogP contribution is -2.45. The van der Waals surface area contributed by atoms with Crippen molar-refractivity contribution in [2.24, 2.45) is 0 Å². The van der Waals surface area contributed by atoms with E-state index in [0.717, 1.165) is 36.4 Å². The van der Waals surface area contributed by atoms with E-state index in [1.54, 1.807) is 0 Å². The molecular weight excluding hydrogens is 270 g/mol. The predicted octanol–water partition coefficient (Wildman–Crippen LogP) is 2.78. The molecule has 2 heterocycles. The van der Waals surface area contributed by atoms with Crippen LogP contribution in [0.4, 0.5) is 0 Å². The molecule has 4 heteroatoms. The minimum absolute atomic E-state index is 0.233. The van der Waals surface area contributed by atoms with Gasteiger partial charge in [-0.1, -0.05) is 0 Å². The molecule has 1 fully saturated rings. The summed E-state index contributed by atoms with van der Waals surface area (Å²) in [7, 11) is 0. The molecule has 1 saturated heterocycles. The second kappa shape index (κ2) is 4.51. The van der Waals surface area contributed by atoms with E-state index in [-0.39, 0.29) is 6.04 Å². The maximum absolute atomic E-state index is 10.1. The fraction of sp³-hybridized carbons (Fsp3) is 0.667. The highest BCUT2D eigenvalue weighted by atomic mass is 79.9. The average Bonchev–Trinajstić information content (AvgIpc) is 2.74. The second-order valence-corrected chi connectivity index (χ2v) is 5.77. The third-order valence-corrected chi connectivity index (χ3v) is 3.59. The van der Waals surface area contributed by atoms with Crippen molar-refractivity contribution in [1.29, 1.82) is 0 Å². The summed E-state index contributed by atoms with van der Waals surface area (Å²) >= 11 is 3.30. The van der Waals surface area contributed by atoms with E-state index in [1.807, 2.05) is 26.0 Å². The molecule has 0 radical (unpaired) electrons. The van der Waals surface area contributed by atoms with E-state index < -0.39 is 5.60 Å². The lowest BCUT2D eigenvalue weighted by Gasteiger charge is -2.33. The van der Waals surface area contributed by atoms with E-state index >= 15 is 0 Å². The fourth-order valence-corrected chi connectivity index (χ4v) is 2.79. The highest BCUT2D eigenvalue weighted by molar-refractivity contribution is 9.10. The molecular formula is C12H18BrNO2. The molecule has 1 atom stereocenters. The van der Waals surface area contributed by atoms with Gasteiger partial charge >= 0.3 is 0 Å². The van der Waals surface area contributed by atoms with Crippen LogP contribution in [-0.4, -0.2) is 28.2 Å². The van der Waals surface area contributed by atoms with Crippen LogP contribution in [0.25, 0.3) is 0 Å². The number of rotatable bonds is 3. The molecule has 0 unspecified atom stereocenters. The summed E-state index contributed by atoms with van der Waals surface area (Å²) in [5.74, 6) is 0.947. The van der Waals surface area contributed by atoms with Crippen molar-refractivity contribution in [2.75, 3.05) is 6.54 Å². The molecule has 1 aliphatic rings. The summed E-state index contributed by atoms with van der Waals surface area (Å²) < 4.78 is 6.27. The van der Waals surface area contributed by atoms with E-state index in [9.17, 15) is 5.11 Å². The van der Waals surface area contributed by atoms with Crippen LogP contribution in [0.15, 0.2) is 21.2 Å². The first-order valence-electron chi connectivity index (χ1n) is 5.67. The van der Waals surface area contributed by atoms with Gasteiger partial charge in [0.1, 0.15) is 5.76 Å². The Labute approximate surface area is 105 Å². The minimum Gasteiger partial charge on any atom is -0.453 e. The Morgan fingerprint density at radius 3 is 2.88 bits per heavy atom. The highest BCUT2D eigenvalue weighted by Gasteiger charge is 2.35. The van der Waals surface area contributed by atoms with Crippen LogP contribution in [0.2, 0.25) is 0 Å². The van der Waals surface area contributed by atoms with Crippen molar-refractivity contribution in [1.82, 2.24) is 4.90 Å². The van der Waals surface area contributed by atoms with Gasteiger partial charge in [-0.05, 0) is 61.3 Å². The molecule has 3 nitrogen and oxygen atoms in total. The molecule has 0 spiro atoms. The molecule has 1 aliphatic heterocycles. The standard InChI is InChI=1S/C12H18BrNO2/c1-12(2,15)10-4-3-7-14(10)8-9-5-6-11(13)16-9/h5-6,10,15H,3-4,7-8H2,1-2H3/t10-/m0/s1. The van der Waals surface area contributed by atoms with Crippen molar-refractivity contribution in [3.05, 3.63) is 22.6 Å². The van der Waals surface area contributed by atoms with E-state index in [0.29, 0.717) is 0 Å². The summed E-state index contributed by atoms with van der Waals surface area (Å²) in [6, 6.07) is 4.12. The van der Waals surface area contributed by atoms with E-state index in [2.05, 4.69) is 20.8 Å². The minimum atomic E-state index is -0.639. The maximum Gasteiger partial charge on any atom is 0.169 e. The third-order valence-electron chi connectivity index (χ3n) is 3.17. The molecule has 0 aromatic carbocycles. The summed E-state index contributed by atoms with van der Waals surface area (Å²) in [6.07, 6.45) is 2.21. The lowest BCUT2D eigenvalue weighted by atomic mass is 9.96. The molecule has 0 bridgehead atoms. The number of halogens is 1. The van der Waals surface area contributed by atoms with Gasteiger partial charge in [0.15, 0.2) is 4.67 Å². The Balaban J connectivity index is 2.04. The molecule has 1 N–H and O–H groups in total. The van der Waals surface area contributed by atoms with Crippen LogP contribution in [0.3, 0.4) is 0 Å². The normalized spacial score (nSPS) is 22.9. The molecule has 16 heavy (non-hydrogen) atoms. The molecule has 2 rings (SSSR count). The number of nitrogens with zero attached hydrogens (tertiary/aromatic N) is 1. The first kappa shape index (κ1) is 12.1. The average molecular weight is 288 g/mol.